The Morgan fingerprint density at radius 1 is 1.20 bits per heavy atom. The summed E-state index contributed by atoms with van der Waals surface area (Å²) in [6, 6.07) is 4.00. The second kappa shape index (κ2) is 3.59. The van der Waals surface area contributed by atoms with E-state index in [0.29, 0.717) is 5.56 Å². The Labute approximate surface area is 90.0 Å². The topological polar surface area (TPSA) is 34.1 Å². The third-order valence-corrected chi connectivity index (χ3v) is 4.75. The highest BCUT2D eigenvalue weighted by Gasteiger charge is 2.31. The molecule has 0 radical (unpaired) electrons. The fourth-order valence-electron chi connectivity index (χ4n) is 1.09. The highest BCUT2D eigenvalue weighted by Crippen LogP contribution is 2.25. The van der Waals surface area contributed by atoms with Gasteiger partial charge in [-0.15, -0.1) is 0 Å². The molecular formula is C11H15FO2S. The summed E-state index contributed by atoms with van der Waals surface area (Å²) in [5.41, 5.74) is 0.447. The molecule has 4 heteroatoms. The van der Waals surface area contributed by atoms with Crippen LogP contribution in [0.15, 0.2) is 23.1 Å². The van der Waals surface area contributed by atoms with Gasteiger partial charge < -0.3 is 0 Å². The summed E-state index contributed by atoms with van der Waals surface area (Å²) in [6.45, 7) is 6.39. The molecule has 0 saturated carbocycles. The summed E-state index contributed by atoms with van der Waals surface area (Å²) < 4.78 is 36.2. The van der Waals surface area contributed by atoms with Crippen molar-refractivity contribution in [3.05, 3.63) is 29.6 Å². The molecule has 0 N–H and O–H groups in total. The largest absolute Gasteiger partial charge is 0.223 e. The molecule has 15 heavy (non-hydrogen) atoms. The molecule has 1 rings (SSSR count). The van der Waals surface area contributed by atoms with Crippen LogP contribution in [0.1, 0.15) is 26.3 Å². The zero-order valence-electron chi connectivity index (χ0n) is 9.33. The summed E-state index contributed by atoms with van der Waals surface area (Å²) >= 11 is 0. The van der Waals surface area contributed by atoms with E-state index >= 15 is 0 Å². The van der Waals surface area contributed by atoms with Gasteiger partial charge in [0.05, 0.1) is 9.64 Å². The Balaban J connectivity index is 3.36. The molecule has 1 aromatic rings. The van der Waals surface area contributed by atoms with Crippen LogP contribution in [-0.2, 0) is 9.84 Å². The third-order valence-electron chi connectivity index (χ3n) is 2.26. The van der Waals surface area contributed by atoms with Gasteiger partial charge in [-0.3, -0.25) is 0 Å². The van der Waals surface area contributed by atoms with Gasteiger partial charge in [-0.25, -0.2) is 12.8 Å². The predicted octanol–water partition coefficient (Wildman–Crippen LogP) is 2.71. The van der Waals surface area contributed by atoms with Crippen LogP contribution in [0.2, 0.25) is 0 Å². The Hall–Kier alpha value is -0.900. The van der Waals surface area contributed by atoms with E-state index in [9.17, 15) is 12.8 Å². The van der Waals surface area contributed by atoms with Gasteiger partial charge in [-0.1, -0.05) is 6.07 Å². The van der Waals surface area contributed by atoms with Gasteiger partial charge >= 0.3 is 0 Å². The zero-order chi connectivity index (χ0) is 11.9. The van der Waals surface area contributed by atoms with E-state index in [4.69, 9.17) is 0 Å². The summed E-state index contributed by atoms with van der Waals surface area (Å²) in [5, 5.41) is 0. The van der Waals surface area contributed by atoms with Crippen molar-refractivity contribution >= 4 is 9.84 Å². The molecule has 0 spiro atoms. The number of rotatable bonds is 1. The van der Waals surface area contributed by atoms with Crippen LogP contribution in [0.25, 0.3) is 0 Å². The molecule has 0 unspecified atom stereocenters. The second-order valence-electron chi connectivity index (χ2n) is 4.53. The predicted molar refractivity (Wildman–Crippen MR) is 58.1 cm³/mol. The second-order valence-corrected chi connectivity index (χ2v) is 7.23. The number of aryl methyl sites for hydroxylation is 1. The molecule has 0 bridgehead atoms. The van der Waals surface area contributed by atoms with Gasteiger partial charge in [0, 0.05) is 0 Å². The van der Waals surface area contributed by atoms with Gasteiger partial charge in [0.15, 0.2) is 9.84 Å². The van der Waals surface area contributed by atoms with Crippen LogP contribution in [0.5, 0.6) is 0 Å². The van der Waals surface area contributed by atoms with Crippen LogP contribution in [0.4, 0.5) is 4.39 Å². The maximum atomic E-state index is 13.2. The van der Waals surface area contributed by atoms with Crippen molar-refractivity contribution in [3.63, 3.8) is 0 Å². The van der Waals surface area contributed by atoms with Crippen molar-refractivity contribution in [3.8, 4) is 0 Å². The Morgan fingerprint density at radius 3 is 2.13 bits per heavy atom. The summed E-state index contributed by atoms with van der Waals surface area (Å²) in [4.78, 5) is 0.0399. The van der Waals surface area contributed by atoms with E-state index in [1.54, 1.807) is 27.7 Å². The molecule has 0 fully saturated rings. The maximum Gasteiger partial charge on any atom is 0.183 e. The van der Waals surface area contributed by atoms with E-state index in [2.05, 4.69) is 0 Å². The monoisotopic (exact) mass is 230 g/mol. The number of sulfone groups is 1. The first kappa shape index (κ1) is 12.2. The van der Waals surface area contributed by atoms with E-state index in [1.807, 2.05) is 0 Å². The molecule has 1 aromatic carbocycles. The van der Waals surface area contributed by atoms with Gasteiger partial charge in [-0.05, 0) is 45.4 Å². The van der Waals surface area contributed by atoms with Gasteiger partial charge in [0.1, 0.15) is 5.82 Å². The van der Waals surface area contributed by atoms with Crippen LogP contribution in [-0.4, -0.2) is 13.2 Å². The first-order chi connectivity index (χ1) is 6.66. The van der Waals surface area contributed by atoms with Crippen molar-refractivity contribution < 1.29 is 12.8 Å². The third kappa shape index (κ3) is 2.20. The number of hydrogen-bond donors (Lipinski definition) is 0. The van der Waals surface area contributed by atoms with Gasteiger partial charge in [0.25, 0.3) is 0 Å². The molecule has 84 valence electrons. The molecule has 0 aliphatic heterocycles. The summed E-state index contributed by atoms with van der Waals surface area (Å²) in [6.07, 6.45) is 0. The fourth-order valence-corrected chi connectivity index (χ4v) is 2.31. The van der Waals surface area contributed by atoms with E-state index < -0.39 is 20.4 Å². The van der Waals surface area contributed by atoms with Crippen LogP contribution in [0, 0.1) is 12.7 Å². The highest BCUT2D eigenvalue weighted by atomic mass is 32.2. The van der Waals surface area contributed by atoms with E-state index in [0.717, 1.165) is 6.07 Å². The van der Waals surface area contributed by atoms with Crippen molar-refractivity contribution in [2.75, 3.05) is 0 Å². The van der Waals surface area contributed by atoms with Crippen molar-refractivity contribution in [1.82, 2.24) is 0 Å². The fraction of sp³-hybridized carbons (Fsp3) is 0.455. The average molecular weight is 230 g/mol. The van der Waals surface area contributed by atoms with Crippen molar-refractivity contribution in [1.29, 1.82) is 0 Å². The molecular weight excluding hydrogens is 215 g/mol. The van der Waals surface area contributed by atoms with Crippen LogP contribution in [0.3, 0.4) is 0 Å². The zero-order valence-corrected chi connectivity index (χ0v) is 10.2. The minimum atomic E-state index is -3.46. The molecule has 0 saturated heterocycles. The molecule has 0 amide bonds. The standard InChI is InChI=1S/C11H15FO2S/c1-8-5-6-9(7-10(8)12)15(13,14)11(2,3)4/h5-7H,1-4H3. The molecule has 0 heterocycles. The SMILES string of the molecule is Cc1ccc(S(=O)(=O)C(C)(C)C)cc1F. The minimum Gasteiger partial charge on any atom is -0.223 e. The quantitative estimate of drug-likeness (QED) is 0.743. The van der Waals surface area contributed by atoms with Gasteiger partial charge in [0.2, 0.25) is 0 Å². The smallest absolute Gasteiger partial charge is 0.183 e. The Morgan fingerprint density at radius 2 is 1.73 bits per heavy atom. The normalized spacial score (nSPS) is 12.9. The Bertz CT molecular complexity index is 470. The number of hydrogen-bond acceptors (Lipinski definition) is 2. The highest BCUT2D eigenvalue weighted by molar-refractivity contribution is 7.92. The molecule has 0 atom stereocenters. The molecule has 0 aliphatic carbocycles. The summed E-state index contributed by atoms with van der Waals surface area (Å²) in [5.74, 6) is -0.486. The first-order valence-corrected chi connectivity index (χ1v) is 6.15. The van der Waals surface area contributed by atoms with Crippen LogP contribution < -0.4 is 0 Å². The molecule has 0 aromatic heterocycles. The van der Waals surface area contributed by atoms with Crippen LogP contribution >= 0.6 is 0 Å². The lowest BCUT2D eigenvalue weighted by Gasteiger charge is -2.19. The molecule has 2 nitrogen and oxygen atoms in total. The van der Waals surface area contributed by atoms with E-state index in [-0.39, 0.29) is 4.90 Å². The number of halogens is 1. The summed E-state index contributed by atoms with van der Waals surface area (Å²) in [7, 11) is -3.46. The number of benzene rings is 1. The minimum absolute atomic E-state index is 0.0399. The molecule has 0 aliphatic rings. The van der Waals surface area contributed by atoms with E-state index in [1.165, 1.54) is 12.1 Å². The van der Waals surface area contributed by atoms with Crippen molar-refractivity contribution in [2.24, 2.45) is 0 Å². The average Bonchev–Trinajstić information content (AvgIpc) is 2.07. The first-order valence-electron chi connectivity index (χ1n) is 4.67. The van der Waals surface area contributed by atoms with Crippen molar-refractivity contribution in [2.45, 2.75) is 37.3 Å². The lowest BCUT2D eigenvalue weighted by atomic mass is 10.2. The van der Waals surface area contributed by atoms with Gasteiger partial charge in [-0.2, -0.15) is 0 Å². The lowest BCUT2D eigenvalue weighted by molar-refractivity contribution is 0.557. The Kier molecular flexibility index (Phi) is 2.92. The lowest BCUT2D eigenvalue weighted by Crippen LogP contribution is -2.28. The maximum absolute atomic E-state index is 13.2.